The molecule has 1 N–H and O–H groups in total. The first-order valence-electron chi connectivity index (χ1n) is 12.7. The summed E-state index contributed by atoms with van der Waals surface area (Å²) in [6.07, 6.45) is 2.14. The standard InChI is InChI=1S/C29H34ClN3O4S/c1-3-5-20-31-29(35)27(4-2)32(21-23-12-8-6-9-13-23)28(34)22-33(25-14-10-7-11-15-25)38(36,37)26-18-16-24(30)17-19-26/h6-19,27H,3-5,20-22H2,1-2H3,(H,31,35)/t27-/m0/s1. The van der Waals surface area contributed by atoms with Crippen LogP contribution in [0.15, 0.2) is 89.8 Å². The molecule has 0 bridgehead atoms. The van der Waals surface area contributed by atoms with Gasteiger partial charge in [-0.25, -0.2) is 8.42 Å². The Balaban J connectivity index is 1.99. The van der Waals surface area contributed by atoms with E-state index >= 15 is 0 Å². The first-order chi connectivity index (χ1) is 18.3. The fraction of sp³-hybridized carbons (Fsp3) is 0.310. The Labute approximate surface area is 230 Å². The summed E-state index contributed by atoms with van der Waals surface area (Å²) in [6.45, 7) is 4.09. The van der Waals surface area contributed by atoms with Crippen molar-refractivity contribution in [3.8, 4) is 0 Å². The fourth-order valence-electron chi connectivity index (χ4n) is 4.06. The number of para-hydroxylation sites is 1. The van der Waals surface area contributed by atoms with Gasteiger partial charge in [0.15, 0.2) is 0 Å². The molecule has 0 aromatic heterocycles. The second-order valence-electron chi connectivity index (χ2n) is 8.88. The Morgan fingerprint density at radius 2 is 1.50 bits per heavy atom. The summed E-state index contributed by atoms with van der Waals surface area (Å²) in [6, 6.07) is 22.9. The number of hydrogen-bond acceptors (Lipinski definition) is 4. The Bertz CT molecular complexity index is 1290. The van der Waals surface area contributed by atoms with Crippen molar-refractivity contribution in [2.75, 3.05) is 17.4 Å². The van der Waals surface area contributed by atoms with Gasteiger partial charge in [0.1, 0.15) is 12.6 Å². The van der Waals surface area contributed by atoms with E-state index in [-0.39, 0.29) is 17.3 Å². The average Bonchev–Trinajstić information content (AvgIpc) is 2.93. The minimum Gasteiger partial charge on any atom is -0.354 e. The Hall–Kier alpha value is -3.36. The number of sulfonamides is 1. The van der Waals surface area contributed by atoms with E-state index in [0.717, 1.165) is 22.7 Å². The zero-order chi connectivity index (χ0) is 27.5. The van der Waals surface area contributed by atoms with E-state index in [1.54, 1.807) is 30.3 Å². The minimum absolute atomic E-state index is 0.0116. The third-order valence-corrected chi connectivity index (χ3v) is 8.18. The van der Waals surface area contributed by atoms with E-state index in [1.165, 1.54) is 29.2 Å². The van der Waals surface area contributed by atoms with E-state index in [2.05, 4.69) is 5.32 Å². The lowest BCUT2D eigenvalue weighted by molar-refractivity contribution is -0.140. The molecular weight excluding hydrogens is 522 g/mol. The molecule has 0 radical (unpaired) electrons. The van der Waals surface area contributed by atoms with Crippen LogP contribution in [0.3, 0.4) is 0 Å². The highest BCUT2D eigenvalue weighted by Crippen LogP contribution is 2.25. The summed E-state index contributed by atoms with van der Waals surface area (Å²) in [5, 5.41) is 3.33. The molecule has 3 aromatic carbocycles. The highest BCUT2D eigenvalue weighted by Gasteiger charge is 2.33. The maximum atomic E-state index is 13.9. The molecule has 0 aliphatic rings. The highest BCUT2D eigenvalue weighted by molar-refractivity contribution is 7.92. The molecule has 7 nitrogen and oxygen atoms in total. The quantitative estimate of drug-likeness (QED) is 0.291. The van der Waals surface area contributed by atoms with Crippen LogP contribution in [0.5, 0.6) is 0 Å². The molecular formula is C29H34ClN3O4S. The average molecular weight is 556 g/mol. The number of halogens is 1. The normalized spacial score (nSPS) is 12.0. The monoisotopic (exact) mass is 555 g/mol. The molecule has 0 heterocycles. The molecule has 0 saturated heterocycles. The molecule has 0 aliphatic carbocycles. The maximum Gasteiger partial charge on any atom is 0.264 e. The van der Waals surface area contributed by atoms with Crippen molar-refractivity contribution >= 4 is 39.1 Å². The van der Waals surface area contributed by atoms with Gasteiger partial charge < -0.3 is 10.2 Å². The maximum absolute atomic E-state index is 13.9. The Morgan fingerprint density at radius 3 is 2.08 bits per heavy atom. The predicted octanol–water partition coefficient (Wildman–Crippen LogP) is 5.26. The topological polar surface area (TPSA) is 86.8 Å². The summed E-state index contributed by atoms with van der Waals surface area (Å²) >= 11 is 5.98. The molecule has 3 rings (SSSR count). The third kappa shape index (κ3) is 7.58. The molecule has 0 saturated carbocycles. The van der Waals surface area contributed by atoms with Crippen LogP contribution in [0.2, 0.25) is 5.02 Å². The summed E-state index contributed by atoms with van der Waals surface area (Å²) < 4.78 is 28.6. The number of amides is 2. The van der Waals surface area contributed by atoms with Gasteiger partial charge >= 0.3 is 0 Å². The number of nitrogens with one attached hydrogen (secondary N) is 1. The third-order valence-electron chi connectivity index (χ3n) is 6.14. The van der Waals surface area contributed by atoms with Crippen LogP contribution in [0.25, 0.3) is 0 Å². The molecule has 9 heteroatoms. The number of benzene rings is 3. The molecule has 0 spiro atoms. The van der Waals surface area contributed by atoms with E-state index in [1.807, 2.05) is 44.2 Å². The molecule has 1 atom stereocenters. The lowest BCUT2D eigenvalue weighted by atomic mass is 10.1. The van der Waals surface area contributed by atoms with Crippen molar-refractivity contribution in [2.45, 2.75) is 50.6 Å². The highest BCUT2D eigenvalue weighted by atomic mass is 35.5. The first kappa shape index (κ1) is 29.2. The van der Waals surface area contributed by atoms with Gasteiger partial charge in [0.2, 0.25) is 11.8 Å². The summed E-state index contributed by atoms with van der Waals surface area (Å²) in [7, 11) is -4.12. The van der Waals surface area contributed by atoms with Gasteiger partial charge in [0.25, 0.3) is 10.0 Å². The predicted molar refractivity (Wildman–Crippen MR) is 151 cm³/mol. The van der Waals surface area contributed by atoms with Crippen molar-refractivity contribution in [1.29, 1.82) is 0 Å². The van der Waals surface area contributed by atoms with E-state index in [0.29, 0.717) is 23.7 Å². The minimum atomic E-state index is -4.12. The zero-order valence-electron chi connectivity index (χ0n) is 21.7. The number of unbranched alkanes of at least 4 members (excludes halogenated alkanes) is 1. The van der Waals surface area contributed by atoms with Crippen molar-refractivity contribution in [1.82, 2.24) is 10.2 Å². The van der Waals surface area contributed by atoms with Crippen molar-refractivity contribution in [2.24, 2.45) is 0 Å². The van der Waals surface area contributed by atoms with Crippen LogP contribution >= 0.6 is 11.6 Å². The van der Waals surface area contributed by atoms with Gasteiger partial charge in [-0.3, -0.25) is 13.9 Å². The summed E-state index contributed by atoms with van der Waals surface area (Å²) in [4.78, 5) is 28.5. The van der Waals surface area contributed by atoms with Gasteiger partial charge in [-0.15, -0.1) is 0 Å². The second-order valence-corrected chi connectivity index (χ2v) is 11.2. The van der Waals surface area contributed by atoms with Crippen LogP contribution in [0.1, 0.15) is 38.7 Å². The molecule has 3 aromatic rings. The Kier molecular flexibility index (Phi) is 10.7. The summed E-state index contributed by atoms with van der Waals surface area (Å²) in [5.74, 6) is -0.732. The van der Waals surface area contributed by atoms with E-state index < -0.39 is 28.5 Å². The summed E-state index contributed by atoms with van der Waals surface area (Å²) in [5.41, 5.74) is 1.18. The zero-order valence-corrected chi connectivity index (χ0v) is 23.3. The lowest BCUT2D eigenvalue weighted by Crippen LogP contribution is -2.52. The number of nitrogens with zero attached hydrogens (tertiary/aromatic N) is 2. The van der Waals surface area contributed by atoms with Crippen LogP contribution in [0.4, 0.5) is 5.69 Å². The van der Waals surface area contributed by atoms with Crippen molar-refractivity contribution < 1.29 is 18.0 Å². The van der Waals surface area contributed by atoms with Gasteiger partial charge in [0, 0.05) is 18.1 Å². The number of hydrogen-bond donors (Lipinski definition) is 1. The molecule has 2 amide bonds. The number of carbonyl (C=O) groups excluding carboxylic acids is 2. The SMILES string of the molecule is CCCCNC(=O)[C@H](CC)N(Cc1ccccc1)C(=O)CN(c1ccccc1)S(=O)(=O)c1ccc(Cl)cc1. The Morgan fingerprint density at radius 1 is 0.895 bits per heavy atom. The van der Waals surface area contributed by atoms with Gasteiger partial charge in [-0.05, 0) is 54.8 Å². The smallest absolute Gasteiger partial charge is 0.264 e. The fourth-order valence-corrected chi connectivity index (χ4v) is 5.60. The molecule has 38 heavy (non-hydrogen) atoms. The van der Waals surface area contributed by atoms with Crippen LogP contribution in [-0.4, -0.2) is 44.3 Å². The second kappa shape index (κ2) is 14.0. The number of rotatable bonds is 13. The largest absolute Gasteiger partial charge is 0.354 e. The van der Waals surface area contributed by atoms with Gasteiger partial charge in [0.05, 0.1) is 10.6 Å². The van der Waals surface area contributed by atoms with Crippen LogP contribution < -0.4 is 9.62 Å². The van der Waals surface area contributed by atoms with Gasteiger partial charge in [-0.2, -0.15) is 0 Å². The van der Waals surface area contributed by atoms with Crippen LogP contribution in [-0.2, 0) is 26.2 Å². The molecule has 202 valence electrons. The lowest BCUT2D eigenvalue weighted by Gasteiger charge is -2.33. The molecule has 0 fully saturated rings. The molecule has 0 aliphatic heterocycles. The van der Waals surface area contributed by atoms with E-state index in [4.69, 9.17) is 11.6 Å². The van der Waals surface area contributed by atoms with Crippen LogP contribution in [0, 0.1) is 0 Å². The van der Waals surface area contributed by atoms with Crippen molar-refractivity contribution in [3.63, 3.8) is 0 Å². The number of anilines is 1. The van der Waals surface area contributed by atoms with Crippen molar-refractivity contribution in [3.05, 3.63) is 95.5 Å². The van der Waals surface area contributed by atoms with E-state index in [9.17, 15) is 18.0 Å². The number of carbonyl (C=O) groups is 2. The first-order valence-corrected chi connectivity index (χ1v) is 14.5. The van der Waals surface area contributed by atoms with Gasteiger partial charge in [-0.1, -0.05) is 80.4 Å². The molecule has 0 unspecified atom stereocenters.